The van der Waals surface area contributed by atoms with Crippen molar-refractivity contribution >= 4 is 51.5 Å². The first-order valence-corrected chi connectivity index (χ1v) is 8.40. The molecule has 0 unspecified atom stereocenters. The van der Waals surface area contributed by atoms with Crippen LogP contribution in [0.4, 0.5) is 0 Å². The number of halogens is 3. The molecule has 1 amide bonds. The van der Waals surface area contributed by atoms with E-state index in [1.807, 2.05) is 50.2 Å². The van der Waals surface area contributed by atoms with Crippen LogP contribution in [0.25, 0.3) is 10.8 Å². The summed E-state index contributed by atoms with van der Waals surface area (Å²) in [6.45, 7) is 3.88. The number of carbonyl (C=O) groups excluding carboxylic acids is 1. The minimum atomic E-state index is -1.78. The molecule has 0 saturated carbocycles. The van der Waals surface area contributed by atoms with Gasteiger partial charge < -0.3 is 10.1 Å². The Bertz CT molecular complexity index is 683. The van der Waals surface area contributed by atoms with Crippen molar-refractivity contribution < 1.29 is 9.53 Å². The predicted molar refractivity (Wildman–Crippen MR) is 96.3 cm³/mol. The van der Waals surface area contributed by atoms with Gasteiger partial charge in [0.2, 0.25) is 15.9 Å². The van der Waals surface area contributed by atoms with Gasteiger partial charge in [-0.2, -0.15) is 0 Å². The lowest BCUT2D eigenvalue weighted by atomic mass is 10.1. The molecule has 1 atom stereocenters. The van der Waals surface area contributed by atoms with Crippen molar-refractivity contribution in [3.05, 3.63) is 42.5 Å². The number of amides is 1. The third kappa shape index (κ3) is 5.45. The van der Waals surface area contributed by atoms with Crippen molar-refractivity contribution in [3.8, 4) is 5.75 Å². The molecule has 2 aromatic rings. The van der Waals surface area contributed by atoms with Crippen molar-refractivity contribution in [2.24, 2.45) is 5.92 Å². The van der Waals surface area contributed by atoms with Gasteiger partial charge in [-0.15, -0.1) is 0 Å². The van der Waals surface area contributed by atoms with E-state index in [1.165, 1.54) is 0 Å². The maximum absolute atomic E-state index is 11.9. The number of alkyl halides is 3. The maximum Gasteiger partial charge on any atom is 0.246 e. The van der Waals surface area contributed by atoms with Gasteiger partial charge in [-0.3, -0.25) is 4.79 Å². The number of benzene rings is 2. The summed E-state index contributed by atoms with van der Waals surface area (Å²) < 4.78 is 3.93. The minimum absolute atomic E-state index is 0.201. The third-order valence-electron chi connectivity index (χ3n) is 3.16. The molecule has 2 rings (SSSR count). The molecule has 2 aromatic carbocycles. The fourth-order valence-corrected chi connectivity index (χ4v) is 2.43. The summed E-state index contributed by atoms with van der Waals surface area (Å²) >= 11 is 17.8. The molecule has 0 aliphatic carbocycles. The van der Waals surface area contributed by atoms with E-state index in [0.29, 0.717) is 12.2 Å². The Kier molecular flexibility index (Phi) is 6.01. The fourth-order valence-electron chi connectivity index (χ4n) is 2.13. The van der Waals surface area contributed by atoms with Crippen LogP contribution in [0.15, 0.2) is 42.5 Å². The number of hydrogen-bond donors (Lipinski definition) is 1. The smallest absolute Gasteiger partial charge is 0.246 e. The highest BCUT2D eigenvalue weighted by molar-refractivity contribution is 6.68. The monoisotopic (exact) mass is 373 g/mol. The van der Waals surface area contributed by atoms with Crippen LogP contribution in [0.1, 0.15) is 20.3 Å². The van der Waals surface area contributed by atoms with Crippen molar-refractivity contribution in [3.63, 3.8) is 0 Å². The van der Waals surface area contributed by atoms with Crippen LogP contribution in [-0.4, -0.2) is 15.9 Å². The lowest BCUT2D eigenvalue weighted by Gasteiger charge is -2.26. The van der Waals surface area contributed by atoms with Crippen LogP contribution in [-0.2, 0) is 4.79 Å². The molecule has 6 heteroatoms. The molecular weight excluding hydrogens is 357 g/mol. The minimum Gasteiger partial charge on any atom is -0.466 e. The lowest BCUT2D eigenvalue weighted by Crippen LogP contribution is -2.48. The highest BCUT2D eigenvalue weighted by Crippen LogP contribution is 2.32. The first-order valence-electron chi connectivity index (χ1n) is 7.27. The van der Waals surface area contributed by atoms with Crippen molar-refractivity contribution in [1.82, 2.24) is 5.32 Å². The van der Waals surface area contributed by atoms with Gasteiger partial charge in [-0.1, -0.05) is 79.0 Å². The van der Waals surface area contributed by atoms with Gasteiger partial charge >= 0.3 is 0 Å². The van der Waals surface area contributed by atoms with E-state index >= 15 is 0 Å². The summed E-state index contributed by atoms with van der Waals surface area (Å²) in [6, 6.07) is 13.4. The fraction of sp³-hybridized carbons (Fsp3) is 0.353. The molecule has 0 bridgehead atoms. The van der Waals surface area contributed by atoms with Crippen LogP contribution >= 0.6 is 34.8 Å². The van der Waals surface area contributed by atoms with E-state index < -0.39 is 10.0 Å². The number of carbonyl (C=O) groups is 1. The first-order chi connectivity index (χ1) is 10.8. The van der Waals surface area contributed by atoms with Crippen LogP contribution in [0, 0.1) is 5.92 Å². The number of nitrogens with one attached hydrogen (secondary N) is 1. The molecule has 0 saturated heterocycles. The summed E-state index contributed by atoms with van der Waals surface area (Å²) in [5.74, 6) is 0.494. The molecule has 0 spiro atoms. The van der Waals surface area contributed by atoms with Gasteiger partial charge in [0.05, 0.1) is 0 Å². The number of hydrogen-bond acceptors (Lipinski definition) is 2. The summed E-state index contributed by atoms with van der Waals surface area (Å²) in [7, 11) is 0. The van der Waals surface area contributed by atoms with Gasteiger partial charge in [-0.05, 0) is 28.8 Å². The number of ether oxygens (including phenoxy) is 1. The molecule has 124 valence electrons. The summed E-state index contributed by atoms with van der Waals surface area (Å²) in [4.78, 5) is 11.9. The molecule has 0 aromatic heterocycles. The summed E-state index contributed by atoms with van der Waals surface area (Å²) in [5.41, 5.74) is 0. The quantitative estimate of drug-likeness (QED) is 0.585. The van der Waals surface area contributed by atoms with Crippen molar-refractivity contribution in [1.29, 1.82) is 0 Å². The highest BCUT2D eigenvalue weighted by Gasteiger charge is 2.36. The third-order valence-corrected chi connectivity index (χ3v) is 3.75. The Morgan fingerprint density at radius 1 is 1.13 bits per heavy atom. The molecule has 3 nitrogen and oxygen atoms in total. The van der Waals surface area contributed by atoms with E-state index in [0.717, 1.165) is 10.8 Å². The second-order valence-electron chi connectivity index (χ2n) is 5.71. The summed E-state index contributed by atoms with van der Waals surface area (Å²) in [6.07, 6.45) is -0.738. The maximum atomic E-state index is 11.9. The van der Waals surface area contributed by atoms with E-state index in [2.05, 4.69) is 5.32 Å². The van der Waals surface area contributed by atoms with Gasteiger partial charge in [-0.25, -0.2) is 0 Å². The standard InChI is InChI=1S/C17H18Cl3NO2/c1-11(2)9-15(22)21-16(17(18,19)20)23-14-8-7-12-5-3-4-6-13(12)10-14/h3-8,10-11,16H,9H2,1-2H3,(H,21,22)/t16-/m0/s1. The Hall–Kier alpha value is -1.16. The van der Waals surface area contributed by atoms with Crippen LogP contribution in [0.3, 0.4) is 0 Å². The average Bonchev–Trinajstić information content (AvgIpc) is 2.44. The summed E-state index contributed by atoms with van der Waals surface area (Å²) in [5, 5.41) is 4.71. The second kappa shape index (κ2) is 7.61. The molecule has 0 aliphatic heterocycles. The van der Waals surface area contributed by atoms with Gasteiger partial charge in [0.25, 0.3) is 0 Å². The molecule has 0 radical (unpaired) electrons. The van der Waals surface area contributed by atoms with E-state index in [1.54, 1.807) is 6.07 Å². The number of rotatable bonds is 5. The SMILES string of the molecule is CC(C)CC(=O)N[C@@H](Oc1ccc2ccccc2c1)C(Cl)(Cl)Cl. The Balaban J connectivity index is 2.17. The second-order valence-corrected chi connectivity index (χ2v) is 8.08. The Labute approximate surface area is 150 Å². The van der Waals surface area contributed by atoms with E-state index in [-0.39, 0.29) is 11.8 Å². The topological polar surface area (TPSA) is 38.3 Å². The zero-order valence-electron chi connectivity index (χ0n) is 12.9. The van der Waals surface area contributed by atoms with Crippen molar-refractivity contribution in [2.45, 2.75) is 30.3 Å². The largest absolute Gasteiger partial charge is 0.466 e. The number of fused-ring (bicyclic) bond motifs is 1. The van der Waals surface area contributed by atoms with E-state index in [4.69, 9.17) is 39.5 Å². The molecule has 23 heavy (non-hydrogen) atoms. The molecular formula is C17H18Cl3NO2. The normalized spacial score (nSPS) is 13.1. The molecule has 1 N–H and O–H groups in total. The zero-order chi connectivity index (χ0) is 17.0. The van der Waals surface area contributed by atoms with Gasteiger partial charge in [0, 0.05) is 6.42 Å². The van der Waals surface area contributed by atoms with Gasteiger partial charge in [0.1, 0.15) is 5.75 Å². The van der Waals surface area contributed by atoms with Gasteiger partial charge in [0.15, 0.2) is 0 Å². The van der Waals surface area contributed by atoms with Crippen molar-refractivity contribution in [2.75, 3.05) is 0 Å². The Morgan fingerprint density at radius 2 is 1.78 bits per heavy atom. The lowest BCUT2D eigenvalue weighted by molar-refractivity contribution is -0.124. The first kappa shape index (κ1) is 18.2. The Morgan fingerprint density at radius 3 is 2.39 bits per heavy atom. The van der Waals surface area contributed by atoms with Crippen LogP contribution < -0.4 is 10.1 Å². The van der Waals surface area contributed by atoms with Crippen LogP contribution in [0.2, 0.25) is 0 Å². The predicted octanol–water partition coefficient (Wildman–Crippen LogP) is 5.08. The average molecular weight is 375 g/mol. The highest BCUT2D eigenvalue weighted by atomic mass is 35.6. The molecule has 0 heterocycles. The molecule has 0 aliphatic rings. The molecule has 0 fully saturated rings. The van der Waals surface area contributed by atoms with E-state index in [9.17, 15) is 4.79 Å². The zero-order valence-corrected chi connectivity index (χ0v) is 15.1. The van der Waals surface area contributed by atoms with Crippen LogP contribution in [0.5, 0.6) is 5.75 Å².